The van der Waals surface area contributed by atoms with Gasteiger partial charge in [-0.05, 0) is 0 Å². The molecule has 0 unspecified atom stereocenters. The van der Waals surface area contributed by atoms with E-state index in [-0.39, 0.29) is 0 Å². The molecule has 0 spiro atoms. The van der Waals surface area contributed by atoms with Crippen molar-refractivity contribution in [2.45, 2.75) is 13.8 Å². The second-order valence-electron chi connectivity index (χ2n) is 2.46. The van der Waals surface area contributed by atoms with E-state index in [0.29, 0.717) is 0 Å². The standard InChI is InChI=1S/C9H9.Y/c1-7-4-5-8(2)9(3)6-7;/h4-6H,1-2H3;. The van der Waals surface area contributed by atoms with Crippen molar-refractivity contribution >= 4 is 0 Å². The van der Waals surface area contributed by atoms with Crippen LogP contribution in [0.1, 0.15) is 16.7 Å². The van der Waals surface area contributed by atoms with E-state index < -0.39 is 0 Å². The fraction of sp³-hybridized carbons (Fsp3) is 0.222. The topological polar surface area (TPSA) is 0 Å². The molecular weight excluding hydrogens is 197 g/mol. The van der Waals surface area contributed by atoms with E-state index in [0.717, 1.165) is 30.2 Å². The van der Waals surface area contributed by atoms with Crippen LogP contribution < -0.4 is 0 Å². The molecule has 0 bridgehead atoms. The summed E-state index contributed by atoms with van der Waals surface area (Å²) in [4.78, 5) is 0. The summed E-state index contributed by atoms with van der Waals surface area (Å²) in [6, 6.07) is 6.46. The Labute approximate surface area is 81.1 Å². The van der Waals surface area contributed by atoms with Crippen molar-refractivity contribution < 1.29 is 30.2 Å². The van der Waals surface area contributed by atoms with Gasteiger partial charge in [0.05, 0.1) is 0 Å². The molecule has 0 aliphatic heterocycles. The summed E-state index contributed by atoms with van der Waals surface area (Å²) in [5.74, 6) is 0. The van der Waals surface area contributed by atoms with Crippen LogP contribution in [0, 0.1) is 16.4 Å². The average Bonchev–Trinajstić information content (AvgIpc) is 1.94. The van der Waals surface area contributed by atoms with Gasteiger partial charge < -0.3 is 0 Å². The third kappa shape index (κ3) is 1.79. The molecule has 0 heterocycles. The fourth-order valence-corrected chi connectivity index (χ4v) is 1.66. The van der Waals surface area contributed by atoms with E-state index in [9.17, 15) is 0 Å². The molecule has 1 heteroatoms. The Morgan fingerprint density at radius 2 is 2.00 bits per heavy atom. The van der Waals surface area contributed by atoms with E-state index >= 15 is 0 Å². The molecule has 1 aromatic rings. The van der Waals surface area contributed by atoms with Gasteiger partial charge in [-0.1, -0.05) is 0 Å². The third-order valence-corrected chi connectivity index (χ3v) is 2.31. The molecule has 0 amide bonds. The monoisotopic (exact) mass is 206 g/mol. The van der Waals surface area contributed by atoms with Gasteiger partial charge in [-0.3, -0.25) is 0 Å². The van der Waals surface area contributed by atoms with Gasteiger partial charge in [-0.15, -0.1) is 0 Å². The summed E-state index contributed by atoms with van der Waals surface area (Å²) in [5, 5.41) is 0. The van der Waals surface area contributed by atoms with E-state index in [1.165, 1.54) is 16.7 Å². The first-order chi connectivity index (χ1) is 4.74. The van der Waals surface area contributed by atoms with Crippen molar-refractivity contribution in [1.82, 2.24) is 0 Å². The van der Waals surface area contributed by atoms with Crippen molar-refractivity contribution in [2.24, 2.45) is 0 Å². The van der Waals surface area contributed by atoms with Crippen molar-refractivity contribution in [1.29, 1.82) is 0 Å². The van der Waals surface area contributed by atoms with Gasteiger partial charge >= 0.3 is 81.6 Å². The van der Waals surface area contributed by atoms with Gasteiger partial charge in [0.1, 0.15) is 0 Å². The Balaban J connectivity index is 3.25. The van der Waals surface area contributed by atoms with Crippen molar-refractivity contribution in [3.05, 3.63) is 34.9 Å². The van der Waals surface area contributed by atoms with Gasteiger partial charge in [0, 0.05) is 0 Å². The van der Waals surface area contributed by atoms with Crippen LogP contribution in [0.3, 0.4) is 0 Å². The normalized spacial score (nSPS) is 9.20. The Bertz CT molecular complexity index is 281. The first-order valence-corrected chi connectivity index (χ1v) is 4.70. The number of aryl methyl sites for hydroxylation is 2. The number of benzene rings is 1. The van der Waals surface area contributed by atoms with Crippen molar-refractivity contribution in [3.8, 4) is 2.59 Å². The molecule has 1 rings (SSSR count). The van der Waals surface area contributed by atoms with Gasteiger partial charge in [0.25, 0.3) is 0 Å². The van der Waals surface area contributed by atoms with Crippen LogP contribution in [0.2, 0.25) is 0 Å². The van der Waals surface area contributed by atoms with Crippen LogP contribution in [-0.4, -0.2) is 0 Å². The second-order valence-corrected chi connectivity index (χ2v) is 3.17. The number of rotatable bonds is 0. The Kier molecular flexibility index (Phi) is 2.86. The van der Waals surface area contributed by atoms with Gasteiger partial charge in [-0.25, -0.2) is 0 Å². The van der Waals surface area contributed by atoms with Crippen LogP contribution in [0.4, 0.5) is 0 Å². The molecule has 0 fully saturated rings. The molecule has 0 aliphatic carbocycles. The number of hydrogen-bond donors (Lipinski definition) is 0. The maximum atomic E-state index is 3.27. The molecule has 0 N–H and O–H groups in total. The summed E-state index contributed by atoms with van der Waals surface area (Å²) in [6.07, 6.45) is 0. The van der Waals surface area contributed by atoms with Crippen LogP contribution in [0.15, 0.2) is 18.2 Å². The molecule has 0 saturated carbocycles. The summed E-state index contributed by atoms with van der Waals surface area (Å²) in [7, 11) is 0. The SMILES string of the molecule is Cc1ccc(C)c([C]#[Y])c1. The second kappa shape index (κ2) is 3.48. The summed E-state index contributed by atoms with van der Waals surface area (Å²) in [6.45, 7) is 4.24. The molecule has 0 radical (unpaired) electrons. The van der Waals surface area contributed by atoms with E-state index in [4.69, 9.17) is 0 Å². The summed E-state index contributed by atoms with van der Waals surface area (Å²) in [5.41, 5.74) is 3.93. The molecule has 0 aromatic heterocycles. The molecular formula is C9H9Y. The molecule has 1 aromatic carbocycles. The van der Waals surface area contributed by atoms with Crippen LogP contribution in [0.5, 0.6) is 0 Å². The zero-order valence-corrected chi connectivity index (χ0v) is 9.15. The molecule has 0 saturated heterocycles. The molecule has 0 aliphatic rings. The minimum atomic E-state index is 1.08. The molecule has 0 nitrogen and oxygen atoms in total. The zero-order valence-electron chi connectivity index (χ0n) is 6.31. The fourth-order valence-electron chi connectivity index (χ4n) is 0.891. The first-order valence-electron chi connectivity index (χ1n) is 3.28. The van der Waals surface area contributed by atoms with E-state index in [1.54, 1.807) is 0 Å². The van der Waals surface area contributed by atoms with Crippen molar-refractivity contribution in [3.63, 3.8) is 0 Å². The minimum absolute atomic E-state index is 1.08. The Hall–Kier alpha value is 0.104. The quantitative estimate of drug-likeness (QED) is 0.610. The van der Waals surface area contributed by atoms with E-state index in [2.05, 4.69) is 34.6 Å². The zero-order chi connectivity index (χ0) is 7.56. The molecule has 48 valence electrons. The predicted molar refractivity (Wildman–Crippen MR) is 38.9 cm³/mol. The van der Waals surface area contributed by atoms with Gasteiger partial charge in [0.2, 0.25) is 0 Å². The van der Waals surface area contributed by atoms with Crippen LogP contribution in [0.25, 0.3) is 0 Å². The predicted octanol–water partition coefficient (Wildman–Crippen LogP) is 2.16. The van der Waals surface area contributed by atoms with Gasteiger partial charge in [-0.2, -0.15) is 0 Å². The van der Waals surface area contributed by atoms with Gasteiger partial charge in [0.15, 0.2) is 0 Å². The molecule has 10 heavy (non-hydrogen) atoms. The third-order valence-electron chi connectivity index (χ3n) is 1.55. The summed E-state index contributed by atoms with van der Waals surface area (Å²) >= 11 is 1.08. The maximum absolute atomic E-state index is 3.27. The van der Waals surface area contributed by atoms with E-state index in [1.807, 2.05) is 0 Å². The number of hydrogen-bond acceptors (Lipinski definition) is 0. The average molecular weight is 206 g/mol. The van der Waals surface area contributed by atoms with Crippen molar-refractivity contribution in [2.75, 3.05) is 0 Å². The van der Waals surface area contributed by atoms with Crippen LogP contribution >= 0.6 is 0 Å². The first kappa shape index (κ1) is 8.20. The molecule has 0 atom stereocenters. The summed E-state index contributed by atoms with van der Waals surface area (Å²) < 4.78 is 3.27. The van der Waals surface area contributed by atoms with Crippen LogP contribution in [-0.2, 0) is 30.2 Å². The Morgan fingerprint density at radius 1 is 1.30 bits per heavy atom. The Morgan fingerprint density at radius 3 is 2.50 bits per heavy atom.